The summed E-state index contributed by atoms with van der Waals surface area (Å²) in [5, 5.41) is 3.10. The Morgan fingerprint density at radius 1 is 1.23 bits per heavy atom. The second kappa shape index (κ2) is 9.48. The van der Waals surface area contributed by atoms with E-state index >= 15 is 0 Å². The molecule has 0 atom stereocenters. The molecular formula is C9H20N2O2. The molecule has 0 heterocycles. The van der Waals surface area contributed by atoms with Crippen LogP contribution in [0.3, 0.4) is 0 Å². The smallest absolute Gasteiger partial charge is 0.324 e. The Kier molecular flexibility index (Phi) is 9.03. The molecular weight excluding hydrogens is 168 g/mol. The molecule has 4 heteroatoms. The molecule has 0 aliphatic carbocycles. The van der Waals surface area contributed by atoms with Gasteiger partial charge in [0.1, 0.15) is 0 Å². The molecule has 0 fully saturated rings. The summed E-state index contributed by atoms with van der Waals surface area (Å²) in [5.41, 5.74) is 0. The second-order valence-corrected chi connectivity index (χ2v) is 3.11. The molecule has 3 N–H and O–H groups in total. The summed E-state index contributed by atoms with van der Waals surface area (Å²) >= 11 is 0. The number of hydrogen-bond acceptors (Lipinski definition) is 4. The lowest BCUT2D eigenvalue weighted by Crippen LogP contribution is -2.09. The van der Waals surface area contributed by atoms with Gasteiger partial charge < -0.3 is 10.2 Å². The van der Waals surface area contributed by atoms with Gasteiger partial charge in [0.15, 0.2) is 0 Å². The third-order valence-corrected chi connectivity index (χ3v) is 1.94. The SMILES string of the molecule is CNCCCCCCCC(=O)ON. The first-order chi connectivity index (χ1) is 6.31. The van der Waals surface area contributed by atoms with Gasteiger partial charge in [0, 0.05) is 6.42 Å². The summed E-state index contributed by atoms with van der Waals surface area (Å²) in [6.07, 6.45) is 6.02. The molecule has 0 unspecified atom stereocenters. The standard InChI is InChI=1S/C9H20N2O2/c1-11-8-6-4-2-3-5-7-9(12)13-10/h11H,2-8,10H2,1H3. The zero-order valence-corrected chi connectivity index (χ0v) is 8.34. The molecule has 0 saturated carbocycles. The lowest BCUT2D eigenvalue weighted by atomic mass is 10.1. The fraction of sp³-hybridized carbons (Fsp3) is 0.889. The summed E-state index contributed by atoms with van der Waals surface area (Å²) in [7, 11) is 1.96. The van der Waals surface area contributed by atoms with Gasteiger partial charge in [0.2, 0.25) is 0 Å². The molecule has 0 aromatic heterocycles. The first kappa shape index (κ1) is 12.4. The maximum atomic E-state index is 10.6. The highest BCUT2D eigenvalue weighted by Crippen LogP contribution is 2.04. The highest BCUT2D eigenvalue weighted by Gasteiger charge is 1.99. The summed E-state index contributed by atoms with van der Waals surface area (Å²) in [5.74, 6) is 4.38. The highest BCUT2D eigenvalue weighted by atomic mass is 16.7. The molecule has 13 heavy (non-hydrogen) atoms. The van der Waals surface area contributed by atoms with Crippen LogP contribution in [0.5, 0.6) is 0 Å². The zero-order valence-electron chi connectivity index (χ0n) is 8.34. The monoisotopic (exact) mass is 188 g/mol. The van der Waals surface area contributed by atoms with Crippen LogP contribution in [-0.4, -0.2) is 19.6 Å². The van der Waals surface area contributed by atoms with Gasteiger partial charge in [-0.15, -0.1) is 0 Å². The van der Waals surface area contributed by atoms with Gasteiger partial charge in [-0.1, -0.05) is 19.3 Å². The van der Waals surface area contributed by atoms with Crippen LogP contribution in [0.1, 0.15) is 38.5 Å². The van der Waals surface area contributed by atoms with Crippen LogP contribution in [0.4, 0.5) is 0 Å². The molecule has 0 saturated heterocycles. The Bertz CT molecular complexity index is 129. The lowest BCUT2D eigenvalue weighted by Gasteiger charge is -2.00. The fourth-order valence-corrected chi connectivity index (χ4v) is 1.16. The Labute approximate surface area is 79.8 Å². The molecule has 0 spiro atoms. The predicted octanol–water partition coefficient (Wildman–Crippen LogP) is 0.963. The number of nitrogens with two attached hydrogens (primary N) is 1. The van der Waals surface area contributed by atoms with Crippen molar-refractivity contribution in [3.05, 3.63) is 0 Å². The molecule has 0 aliphatic heterocycles. The third-order valence-electron chi connectivity index (χ3n) is 1.94. The van der Waals surface area contributed by atoms with Crippen molar-refractivity contribution in [1.82, 2.24) is 5.32 Å². The van der Waals surface area contributed by atoms with Gasteiger partial charge in [-0.05, 0) is 26.4 Å². The molecule has 0 aliphatic rings. The van der Waals surface area contributed by atoms with E-state index in [1.165, 1.54) is 19.3 Å². The Balaban J connectivity index is 2.95. The predicted molar refractivity (Wildman–Crippen MR) is 51.9 cm³/mol. The van der Waals surface area contributed by atoms with Crippen molar-refractivity contribution in [2.75, 3.05) is 13.6 Å². The van der Waals surface area contributed by atoms with Crippen LogP contribution in [0, 0.1) is 0 Å². The van der Waals surface area contributed by atoms with Gasteiger partial charge in [-0.2, -0.15) is 5.90 Å². The van der Waals surface area contributed by atoms with Gasteiger partial charge in [-0.3, -0.25) is 4.79 Å². The first-order valence-corrected chi connectivity index (χ1v) is 4.85. The summed E-state index contributed by atoms with van der Waals surface area (Å²) in [4.78, 5) is 14.6. The Morgan fingerprint density at radius 3 is 2.46 bits per heavy atom. The minimum absolute atomic E-state index is 0.310. The van der Waals surface area contributed by atoms with E-state index in [-0.39, 0.29) is 5.97 Å². The number of nitrogens with one attached hydrogen (secondary N) is 1. The van der Waals surface area contributed by atoms with Gasteiger partial charge in [-0.25, -0.2) is 0 Å². The van der Waals surface area contributed by atoms with Gasteiger partial charge in [0.05, 0.1) is 0 Å². The lowest BCUT2D eigenvalue weighted by molar-refractivity contribution is -0.144. The van der Waals surface area contributed by atoms with Gasteiger partial charge in [0.25, 0.3) is 0 Å². The van der Waals surface area contributed by atoms with Crippen molar-refractivity contribution < 1.29 is 9.63 Å². The normalized spacial score (nSPS) is 10.0. The van der Waals surface area contributed by atoms with E-state index in [9.17, 15) is 4.79 Å². The molecule has 4 nitrogen and oxygen atoms in total. The molecule has 0 rings (SSSR count). The van der Waals surface area contributed by atoms with E-state index in [0.717, 1.165) is 19.4 Å². The minimum Gasteiger partial charge on any atom is -0.373 e. The minimum atomic E-state index is -0.310. The van der Waals surface area contributed by atoms with Crippen molar-refractivity contribution >= 4 is 5.97 Å². The Hall–Kier alpha value is -0.610. The zero-order chi connectivity index (χ0) is 9.94. The number of rotatable bonds is 8. The molecule has 0 radical (unpaired) electrons. The molecule has 0 amide bonds. The van der Waals surface area contributed by atoms with Crippen molar-refractivity contribution in [3.63, 3.8) is 0 Å². The number of unbranched alkanes of at least 4 members (excludes halogenated alkanes) is 4. The molecule has 0 aromatic rings. The van der Waals surface area contributed by atoms with Crippen molar-refractivity contribution in [1.29, 1.82) is 0 Å². The van der Waals surface area contributed by atoms with Gasteiger partial charge >= 0.3 is 5.97 Å². The maximum Gasteiger partial charge on any atom is 0.324 e. The van der Waals surface area contributed by atoms with Crippen LogP contribution in [0.25, 0.3) is 0 Å². The topological polar surface area (TPSA) is 64.3 Å². The van der Waals surface area contributed by atoms with E-state index in [2.05, 4.69) is 10.2 Å². The van der Waals surface area contributed by atoms with E-state index in [0.29, 0.717) is 6.42 Å². The van der Waals surface area contributed by atoms with Crippen LogP contribution in [0.2, 0.25) is 0 Å². The summed E-state index contributed by atoms with van der Waals surface area (Å²) in [6, 6.07) is 0. The maximum absolute atomic E-state index is 10.6. The average Bonchev–Trinajstić information content (AvgIpc) is 2.16. The highest BCUT2D eigenvalue weighted by molar-refractivity contribution is 5.68. The number of carbonyl (C=O) groups is 1. The number of hydrogen-bond donors (Lipinski definition) is 2. The van der Waals surface area contributed by atoms with E-state index in [1.807, 2.05) is 7.05 Å². The van der Waals surface area contributed by atoms with E-state index < -0.39 is 0 Å². The van der Waals surface area contributed by atoms with Crippen molar-refractivity contribution in [2.45, 2.75) is 38.5 Å². The Morgan fingerprint density at radius 2 is 1.85 bits per heavy atom. The molecule has 0 aromatic carbocycles. The molecule has 0 bridgehead atoms. The summed E-state index contributed by atoms with van der Waals surface area (Å²) < 4.78 is 0. The van der Waals surface area contributed by atoms with Crippen LogP contribution >= 0.6 is 0 Å². The van der Waals surface area contributed by atoms with Crippen molar-refractivity contribution in [2.24, 2.45) is 5.90 Å². The van der Waals surface area contributed by atoms with E-state index in [4.69, 9.17) is 5.90 Å². The average molecular weight is 188 g/mol. The summed E-state index contributed by atoms with van der Waals surface area (Å²) in [6.45, 7) is 1.07. The van der Waals surface area contributed by atoms with Crippen LogP contribution in [-0.2, 0) is 9.63 Å². The second-order valence-electron chi connectivity index (χ2n) is 3.11. The van der Waals surface area contributed by atoms with Crippen LogP contribution in [0.15, 0.2) is 0 Å². The quantitative estimate of drug-likeness (QED) is 0.440. The van der Waals surface area contributed by atoms with Crippen molar-refractivity contribution in [3.8, 4) is 0 Å². The van der Waals surface area contributed by atoms with Crippen LogP contribution < -0.4 is 11.2 Å². The first-order valence-electron chi connectivity index (χ1n) is 4.85. The number of carbonyl (C=O) groups excluding carboxylic acids is 1. The molecule has 78 valence electrons. The van der Waals surface area contributed by atoms with E-state index in [1.54, 1.807) is 0 Å². The largest absolute Gasteiger partial charge is 0.373 e. The fourth-order valence-electron chi connectivity index (χ4n) is 1.16. The third kappa shape index (κ3) is 9.30.